The van der Waals surface area contributed by atoms with Gasteiger partial charge in [-0.05, 0) is 76.7 Å². The number of alkyl halides is 3. The standard InChI is InChI=1S/C31H43F3N6O3/c1-6-40(22-9-7-21(8-10-22)39-15-23(16-39)43-17-31(32,33)34)28-20(4)24(12-27-26(28)14-36-38(27)5)29(41)35-13-25-18(2)11-19(3)37-30(25)42/h11-12,14,21-23,30,37,42H,6-10,13,15-17H2,1-5H3,(H,35,41). The van der Waals surface area contributed by atoms with Crippen LogP contribution in [0.15, 0.2) is 35.2 Å². The minimum atomic E-state index is -4.29. The van der Waals surface area contributed by atoms with E-state index in [1.165, 1.54) is 0 Å². The van der Waals surface area contributed by atoms with E-state index in [1.807, 2.05) is 46.2 Å². The van der Waals surface area contributed by atoms with E-state index >= 15 is 0 Å². The van der Waals surface area contributed by atoms with E-state index in [-0.39, 0.29) is 24.6 Å². The number of hydrogen-bond acceptors (Lipinski definition) is 7. The Labute approximate surface area is 250 Å². The minimum absolute atomic E-state index is 0.208. The number of aryl methyl sites for hydroxylation is 1. The van der Waals surface area contributed by atoms with Crippen LogP contribution in [-0.4, -0.2) is 89.1 Å². The number of carbonyl (C=O) groups is 1. The Morgan fingerprint density at radius 2 is 1.91 bits per heavy atom. The number of ether oxygens (including phenoxy) is 1. The first-order chi connectivity index (χ1) is 20.4. The van der Waals surface area contributed by atoms with Gasteiger partial charge in [0.1, 0.15) is 12.8 Å². The number of carbonyl (C=O) groups excluding carboxylic acids is 1. The third-order valence-corrected chi connectivity index (χ3v) is 9.21. The van der Waals surface area contributed by atoms with Gasteiger partial charge in [-0.1, -0.05) is 0 Å². The quantitative estimate of drug-likeness (QED) is 0.396. The molecule has 3 heterocycles. The molecule has 1 amide bonds. The summed E-state index contributed by atoms with van der Waals surface area (Å²) in [6.45, 7) is 8.83. The Kier molecular flexibility index (Phi) is 9.10. The van der Waals surface area contributed by atoms with Gasteiger partial charge >= 0.3 is 6.18 Å². The fourth-order valence-electron chi connectivity index (χ4n) is 6.88. The van der Waals surface area contributed by atoms with Gasteiger partial charge in [-0.25, -0.2) is 0 Å². The zero-order chi connectivity index (χ0) is 31.1. The third kappa shape index (κ3) is 6.71. The number of dihydropyridines is 1. The number of likely N-dealkylation sites (tertiary alicyclic amines) is 1. The average molecular weight is 605 g/mol. The van der Waals surface area contributed by atoms with Crippen molar-refractivity contribution in [1.82, 2.24) is 25.3 Å². The van der Waals surface area contributed by atoms with E-state index in [4.69, 9.17) is 4.74 Å². The van der Waals surface area contributed by atoms with Crippen molar-refractivity contribution in [3.05, 3.63) is 46.3 Å². The number of nitrogens with one attached hydrogen (secondary N) is 2. The highest BCUT2D eigenvalue weighted by molar-refractivity contribution is 6.05. The minimum Gasteiger partial charge on any atom is -0.370 e. The Morgan fingerprint density at radius 1 is 1.21 bits per heavy atom. The smallest absolute Gasteiger partial charge is 0.370 e. The largest absolute Gasteiger partial charge is 0.411 e. The lowest BCUT2D eigenvalue weighted by atomic mass is 9.86. The maximum absolute atomic E-state index is 13.6. The molecule has 2 aromatic rings. The zero-order valence-electron chi connectivity index (χ0n) is 25.6. The molecule has 236 valence electrons. The number of nitrogens with zero attached hydrogens (tertiary/aromatic N) is 4. The van der Waals surface area contributed by atoms with Gasteiger partial charge in [0, 0.05) is 67.5 Å². The summed E-state index contributed by atoms with van der Waals surface area (Å²) in [5.41, 5.74) is 5.88. The molecule has 1 aromatic heterocycles. The highest BCUT2D eigenvalue weighted by Gasteiger charge is 2.39. The molecule has 9 nitrogen and oxygen atoms in total. The van der Waals surface area contributed by atoms with Gasteiger partial charge in [0.2, 0.25) is 0 Å². The Morgan fingerprint density at radius 3 is 2.53 bits per heavy atom. The number of aliphatic hydroxyl groups is 1. The van der Waals surface area contributed by atoms with Gasteiger partial charge in [0.05, 0.1) is 23.5 Å². The van der Waals surface area contributed by atoms with Crippen LogP contribution in [0.1, 0.15) is 62.4 Å². The summed E-state index contributed by atoms with van der Waals surface area (Å²) in [4.78, 5) is 18.3. The fourth-order valence-corrected chi connectivity index (χ4v) is 6.88. The van der Waals surface area contributed by atoms with Gasteiger partial charge in [-0.3, -0.25) is 14.4 Å². The molecule has 0 bridgehead atoms. The average Bonchev–Trinajstić information content (AvgIpc) is 3.28. The van der Waals surface area contributed by atoms with Crippen LogP contribution in [-0.2, 0) is 11.8 Å². The van der Waals surface area contributed by atoms with Gasteiger partial charge in [0.15, 0.2) is 0 Å². The van der Waals surface area contributed by atoms with Crippen LogP contribution in [0.3, 0.4) is 0 Å². The molecule has 1 saturated carbocycles. The molecular weight excluding hydrogens is 561 g/mol. The fraction of sp³-hybridized carbons (Fsp3) is 0.613. The molecule has 1 unspecified atom stereocenters. The SMILES string of the molecule is CCN(c1c(C)c(C(=O)NCC2=C(C)C=C(C)NC2O)cc2c1cnn2C)C1CCC(N2CC(OCC(F)(F)F)C2)CC1. The maximum atomic E-state index is 13.6. The topological polar surface area (TPSA) is 94.9 Å². The van der Waals surface area contributed by atoms with Gasteiger partial charge in [-0.15, -0.1) is 0 Å². The molecule has 5 rings (SSSR count). The van der Waals surface area contributed by atoms with E-state index in [0.717, 1.165) is 71.2 Å². The van der Waals surface area contributed by atoms with Crippen LogP contribution in [0, 0.1) is 6.92 Å². The lowest BCUT2D eigenvalue weighted by Gasteiger charge is -2.47. The molecule has 2 fully saturated rings. The second kappa shape index (κ2) is 12.5. The van der Waals surface area contributed by atoms with Crippen molar-refractivity contribution in [2.45, 2.75) is 84.0 Å². The second-order valence-electron chi connectivity index (χ2n) is 12.1. The first-order valence-electron chi connectivity index (χ1n) is 15.1. The molecule has 1 atom stereocenters. The number of aromatic nitrogens is 2. The first-order valence-corrected chi connectivity index (χ1v) is 15.1. The zero-order valence-corrected chi connectivity index (χ0v) is 25.6. The summed E-state index contributed by atoms with van der Waals surface area (Å²) in [6.07, 6.45) is 2.15. The predicted octanol–water partition coefficient (Wildman–Crippen LogP) is 4.15. The van der Waals surface area contributed by atoms with Crippen molar-refractivity contribution < 1.29 is 27.8 Å². The summed E-state index contributed by atoms with van der Waals surface area (Å²) in [7, 11) is 1.87. The normalized spacial score (nSPS) is 23.7. The Hall–Kier alpha value is -3.09. The van der Waals surface area contributed by atoms with E-state index in [1.54, 1.807) is 4.68 Å². The van der Waals surface area contributed by atoms with Crippen LogP contribution in [0.2, 0.25) is 0 Å². The molecule has 2 aliphatic heterocycles. The number of halogens is 3. The molecule has 3 N–H and O–H groups in total. The molecule has 0 radical (unpaired) electrons. The number of aliphatic hydroxyl groups excluding tert-OH is 1. The van der Waals surface area contributed by atoms with E-state index in [0.29, 0.717) is 24.7 Å². The number of anilines is 1. The summed E-state index contributed by atoms with van der Waals surface area (Å²) in [5, 5.41) is 22.0. The third-order valence-electron chi connectivity index (χ3n) is 9.21. The number of allylic oxidation sites excluding steroid dienone is 3. The van der Waals surface area contributed by atoms with Gasteiger partial charge in [-0.2, -0.15) is 18.3 Å². The number of rotatable bonds is 9. The highest BCUT2D eigenvalue weighted by atomic mass is 19.4. The number of fused-ring (bicyclic) bond motifs is 1. The summed E-state index contributed by atoms with van der Waals surface area (Å²) >= 11 is 0. The van der Waals surface area contributed by atoms with E-state index in [2.05, 4.69) is 32.5 Å². The molecule has 1 aliphatic carbocycles. The number of benzene rings is 1. The van der Waals surface area contributed by atoms with Crippen LogP contribution in [0.5, 0.6) is 0 Å². The Balaban J connectivity index is 1.30. The highest BCUT2D eigenvalue weighted by Crippen LogP contribution is 2.38. The molecule has 12 heteroatoms. The first kappa shape index (κ1) is 31.3. The van der Waals surface area contributed by atoms with Crippen molar-refractivity contribution in [3.8, 4) is 0 Å². The molecule has 3 aliphatic rings. The monoisotopic (exact) mass is 604 g/mol. The van der Waals surface area contributed by atoms with E-state index < -0.39 is 19.0 Å². The van der Waals surface area contributed by atoms with Crippen molar-refractivity contribution in [3.63, 3.8) is 0 Å². The van der Waals surface area contributed by atoms with Crippen LogP contribution >= 0.6 is 0 Å². The van der Waals surface area contributed by atoms with Crippen LogP contribution in [0.4, 0.5) is 18.9 Å². The predicted molar refractivity (Wildman–Crippen MR) is 160 cm³/mol. The second-order valence-corrected chi connectivity index (χ2v) is 12.1. The van der Waals surface area contributed by atoms with Crippen molar-refractivity contribution in [1.29, 1.82) is 0 Å². The van der Waals surface area contributed by atoms with Crippen LogP contribution < -0.4 is 15.5 Å². The van der Waals surface area contributed by atoms with Crippen molar-refractivity contribution >= 4 is 22.5 Å². The molecule has 1 aromatic carbocycles. The van der Waals surface area contributed by atoms with Gasteiger partial charge in [0.25, 0.3) is 5.91 Å². The van der Waals surface area contributed by atoms with E-state index in [9.17, 15) is 23.1 Å². The van der Waals surface area contributed by atoms with Gasteiger partial charge < -0.3 is 25.4 Å². The summed E-state index contributed by atoms with van der Waals surface area (Å²) in [6, 6.07) is 2.51. The molecule has 43 heavy (non-hydrogen) atoms. The lowest BCUT2D eigenvalue weighted by Crippen LogP contribution is -2.58. The Bertz CT molecular complexity index is 1400. The van der Waals surface area contributed by atoms with Crippen LogP contribution in [0.25, 0.3) is 10.9 Å². The maximum Gasteiger partial charge on any atom is 0.411 e. The number of hydrogen-bond donors (Lipinski definition) is 3. The molecule has 1 saturated heterocycles. The van der Waals surface area contributed by atoms with Crippen molar-refractivity contribution in [2.75, 3.05) is 37.7 Å². The molecular formula is C31H43F3N6O3. The number of amides is 1. The molecule has 0 spiro atoms. The summed E-state index contributed by atoms with van der Waals surface area (Å²) in [5.74, 6) is -0.208. The lowest BCUT2D eigenvalue weighted by molar-refractivity contribution is -0.202. The van der Waals surface area contributed by atoms with Crippen molar-refractivity contribution in [2.24, 2.45) is 7.05 Å². The summed E-state index contributed by atoms with van der Waals surface area (Å²) < 4.78 is 44.3.